The zero-order valence-electron chi connectivity index (χ0n) is 11.5. The second-order valence-corrected chi connectivity index (χ2v) is 5.28. The minimum atomic E-state index is 0.118. The number of morpholine rings is 1. The average Bonchev–Trinajstić information content (AvgIpc) is 2.89. The van der Waals surface area contributed by atoms with Crippen molar-refractivity contribution in [3.05, 3.63) is 18.3 Å². The highest BCUT2D eigenvalue weighted by Crippen LogP contribution is 2.24. The van der Waals surface area contributed by atoms with Gasteiger partial charge >= 0.3 is 0 Å². The molecule has 0 bridgehead atoms. The van der Waals surface area contributed by atoms with Gasteiger partial charge in [-0.05, 0) is 24.6 Å². The first kappa shape index (κ1) is 13.3. The van der Waals surface area contributed by atoms with Gasteiger partial charge in [0, 0.05) is 26.1 Å². The van der Waals surface area contributed by atoms with E-state index in [1.165, 1.54) is 0 Å². The molecule has 6 nitrogen and oxygen atoms in total. The van der Waals surface area contributed by atoms with Gasteiger partial charge in [-0.3, -0.25) is 9.69 Å². The fourth-order valence-corrected chi connectivity index (χ4v) is 2.71. The molecular weight excluding hydrogens is 256 g/mol. The fourth-order valence-electron chi connectivity index (χ4n) is 2.71. The fraction of sp³-hybridized carbons (Fsp3) is 0.571. The standard InChI is InChI=1S/C14H20N4O2/c15-8-11-7-14(19)18(10-11)13-2-1-12(9-16-13)17-3-5-20-6-4-17/h1-2,9,11H,3-8,10,15H2. The quantitative estimate of drug-likeness (QED) is 0.855. The van der Waals surface area contributed by atoms with E-state index in [0.29, 0.717) is 19.5 Å². The minimum Gasteiger partial charge on any atom is -0.378 e. The summed E-state index contributed by atoms with van der Waals surface area (Å²) in [7, 11) is 0. The van der Waals surface area contributed by atoms with Crippen molar-refractivity contribution in [1.29, 1.82) is 0 Å². The lowest BCUT2D eigenvalue weighted by Crippen LogP contribution is -2.36. The van der Waals surface area contributed by atoms with Crippen molar-refractivity contribution in [3.8, 4) is 0 Å². The third kappa shape index (κ3) is 2.62. The molecule has 2 fully saturated rings. The summed E-state index contributed by atoms with van der Waals surface area (Å²) < 4.78 is 5.34. The highest BCUT2D eigenvalue weighted by Gasteiger charge is 2.30. The van der Waals surface area contributed by atoms with Crippen LogP contribution in [0.25, 0.3) is 0 Å². The summed E-state index contributed by atoms with van der Waals surface area (Å²) in [5.74, 6) is 1.10. The molecule has 2 aliphatic heterocycles. The number of carbonyl (C=O) groups is 1. The van der Waals surface area contributed by atoms with E-state index in [0.717, 1.165) is 37.8 Å². The van der Waals surface area contributed by atoms with E-state index in [4.69, 9.17) is 10.5 Å². The molecule has 2 N–H and O–H groups in total. The van der Waals surface area contributed by atoms with Gasteiger partial charge in [0.05, 0.1) is 25.1 Å². The minimum absolute atomic E-state index is 0.118. The van der Waals surface area contributed by atoms with Gasteiger partial charge in [0.15, 0.2) is 0 Å². The number of nitrogens with two attached hydrogens (primary N) is 1. The zero-order chi connectivity index (χ0) is 13.9. The van der Waals surface area contributed by atoms with Crippen LogP contribution < -0.4 is 15.5 Å². The Morgan fingerprint density at radius 1 is 1.35 bits per heavy atom. The molecule has 0 spiro atoms. The molecule has 6 heteroatoms. The highest BCUT2D eigenvalue weighted by molar-refractivity contribution is 5.94. The van der Waals surface area contributed by atoms with Crippen LogP contribution in [-0.4, -0.2) is 50.3 Å². The number of anilines is 2. The molecule has 1 atom stereocenters. The molecule has 1 aromatic heterocycles. The zero-order valence-corrected chi connectivity index (χ0v) is 11.5. The summed E-state index contributed by atoms with van der Waals surface area (Å²) in [4.78, 5) is 20.4. The summed E-state index contributed by atoms with van der Waals surface area (Å²) in [5, 5.41) is 0. The summed E-state index contributed by atoms with van der Waals surface area (Å²) in [6.07, 6.45) is 2.37. The van der Waals surface area contributed by atoms with Crippen molar-refractivity contribution in [2.24, 2.45) is 11.7 Å². The predicted molar refractivity (Wildman–Crippen MR) is 76.8 cm³/mol. The third-order valence-corrected chi connectivity index (χ3v) is 3.92. The van der Waals surface area contributed by atoms with Crippen LogP contribution in [0.2, 0.25) is 0 Å². The maximum Gasteiger partial charge on any atom is 0.228 e. The van der Waals surface area contributed by atoms with Crippen molar-refractivity contribution in [2.75, 3.05) is 49.2 Å². The number of pyridine rings is 1. The Morgan fingerprint density at radius 2 is 2.15 bits per heavy atom. The Balaban J connectivity index is 1.71. The SMILES string of the molecule is NCC1CC(=O)N(c2ccc(N3CCOCC3)cn2)C1. The molecule has 20 heavy (non-hydrogen) atoms. The Hall–Kier alpha value is -1.66. The van der Waals surface area contributed by atoms with Gasteiger partial charge in [-0.25, -0.2) is 4.98 Å². The lowest BCUT2D eigenvalue weighted by atomic mass is 10.1. The van der Waals surface area contributed by atoms with E-state index in [2.05, 4.69) is 9.88 Å². The monoisotopic (exact) mass is 276 g/mol. The maximum absolute atomic E-state index is 11.9. The van der Waals surface area contributed by atoms with Crippen LogP contribution in [0.15, 0.2) is 18.3 Å². The van der Waals surface area contributed by atoms with Crippen molar-refractivity contribution >= 4 is 17.4 Å². The molecule has 0 radical (unpaired) electrons. The molecule has 2 saturated heterocycles. The Kier molecular flexibility index (Phi) is 3.84. The molecular formula is C14H20N4O2. The topological polar surface area (TPSA) is 71.7 Å². The molecule has 0 saturated carbocycles. The van der Waals surface area contributed by atoms with Crippen molar-refractivity contribution in [1.82, 2.24) is 4.98 Å². The molecule has 0 aromatic carbocycles. The number of aromatic nitrogens is 1. The van der Waals surface area contributed by atoms with Crippen molar-refractivity contribution in [3.63, 3.8) is 0 Å². The van der Waals surface area contributed by atoms with Crippen LogP contribution >= 0.6 is 0 Å². The first-order valence-corrected chi connectivity index (χ1v) is 7.07. The number of ether oxygens (including phenoxy) is 1. The Morgan fingerprint density at radius 3 is 2.75 bits per heavy atom. The first-order chi connectivity index (χ1) is 9.78. The van der Waals surface area contributed by atoms with Crippen molar-refractivity contribution in [2.45, 2.75) is 6.42 Å². The largest absolute Gasteiger partial charge is 0.378 e. The van der Waals surface area contributed by atoms with Crippen LogP contribution in [0.5, 0.6) is 0 Å². The normalized spacial score (nSPS) is 23.4. The van der Waals surface area contributed by atoms with Crippen LogP contribution in [0, 0.1) is 5.92 Å². The van der Waals surface area contributed by atoms with E-state index < -0.39 is 0 Å². The third-order valence-electron chi connectivity index (χ3n) is 3.92. The molecule has 1 unspecified atom stereocenters. The molecule has 108 valence electrons. The second-order valence-electron chi connectivity index (χ2n) is 5.28. The van der Waals surface area contributed by atoms with Crippen LogP contribution in [0.3, 0.4) is 0 Å². The number of hydrogen-bond donors (Lipinski definition) is 1. The first-order valence-electron chi connectivity index (χ1n) is 7.07. The Labute approximate surface area is 118 Å². The lowest BCUT2D eigenvalue weighted by Gasteiger charge is -2.28. The average molecular weight is 276 g/mol. The van der Waals surface area contributed by atoms with E-state index in [-0.39, 0.29) is 11.8 Å². The van der Waals surface area contributed by atoms with Crippen molar-refractivity contribution < 1.29 is 9.53 Å². The molecule has 0 aliphatic carbocycles. The summed E-state index contributed by atoms with van der Waals surface area (Å²) in [6, 6.07) is 3.94. The highest BCUT2D eigenvalue weighted by atomic mass is 16.5. The van der Waals surface area contributed by atoms with Gasteiger partial charge in [-0.15, -0.1) is 0 Å². The summed E-state index contributed by atoms with van der Waals surface area (Å²) in [6.45, 7) is 4.51. The number of amides is 1. The lowest BCUT2D eigenvalue weighted by molar-refractivity contribution is -0.117. The number of rotatable bonds is 3. The van der Waals surface area contributed by atoms with Crippen LogP contribution in [0.1, 0.15) is 6.42 Å². The molecule has 3 heterocycles. The van der Waals surface area contributed by atoms with E-state index in [1.807, 2.05) is 18.3 Å². The van der Waals surface area contributed by atoms with Gasteiger partial charge in [-0.1, -0.05) is 0 Å². The van der Waals surface area contributed by atoms with Gasteiger partial charge in [0.2, 0.25) is 5.91 Å². The molecule has 2 aliphatic rings. The summed E-state index contributed by atoms with van der Waals surface area (Å²) in [5.41, 5.74) is 6.72. The molecule has 3 rings (SSSR count). The molecule has 1 amide bonds. The Bertz CT molecular complexity index is 471. The van der Waals surface area contributed by atoms with Gasteiger partial charge in [0.25, 0.3) is 0 Å². The van der Waals surface area contributed by atoms with Gasteiger partial charge < -0.3 is 15.4 Å². The van der Waals surface area contributed by atoms with E-state index in [9.17, 15) is 4.79 Å². The van der Waals surface area contributed by atoms with E-state index >= 15 is 0 Å². The van der Waals surface area contributed by atoms with Crippen LogP contribution in [-0.2, 0) is 9.53 Å². The number of nitrogens with zero attached hydrogens (tertiary/aromatic N) is 3. The summed E-state index contributed by atoms with van der Waals surface area (Å²) >= 11 is 0. The predicted octanol–water partition coefficient (Wildman–Crippen LogP) is 0.230. The number of carbonyl (C=O) groups excluding carboxylic acids is 1. The smallest absolute Gasteiger partial charge is 0.228 e. The van der Waals surface area contributed by atoms with Gasteiger partial charge in [0.1, 0.15) is 5.82 Å². The van der Waals surface area contributed by atoms with E-state index in [1.54, 1.807) is 4.90 Å². The number of hydrogen-bond acceptors (Lipinski definition) is 5. The van der Waals surface area contributed by atoms with Gasteiger partial charge in [-0.2, -0.15) is 0 Å². The maximum atomic E-state index is 11.9. The van der Waals surface area contributed by atoms with Crippen LogP contribution in [0.4, 0.5) is 11.5 Å². The molecule has 1 aromatic rings. The second kappa shape index (κ2) is 5.76.